The van der Waals surface area contributed by atoms with E-state index < -0.39 is 26.8 Å². The Kier molecular flexibility index (Phi) is 5.61. The Hall–Kier alpha value is -0.620. The highest BCUT2D eigenvalue weighted by atomic mass is 32.2. The first-order valence-electron chi connectivity index (χ1n) is 7.10. The van der Waals surface area contributed by atoms with Crippen LogP contribution in [0.1, 0.15) is 40.0 Å². The number of rotatable bonds is 4. The first-order valence-corrected chi connectivity index (χ1v) is 8.81. The molecular weight excluding hydrogens is 278 g/mol. The second-order valence-electron chi connectivity index (χ2n) is 6.79. The van der Waals surface area contributed by atoms with E-state index in [1.807, 2.05) is 0 Å². The molecule has 1 aliphatic carbocycles. The summed E-state index contributed by atoms with van der Waals surface area (Å²) in [6.45, 7) is 6.74. The van der Waals surface area contributed by atoms with Crippen LogP contribution in [0.5, 0.6) is 0 Å². The van der Waals surface area contributed by atoms with Crippen LogP contribution in [-0.4, -0.2) is 39.0 Å². The van der Waals surface area contributed by atoms with Gasteiger partial charge in [-0.05, 0) is 43.1 Å². The largest absolute Gasteiger partial charge is 0.468 e. The quantitative estimate of drug-likeness (QED) is 0.793. The second-order valence-corrected chi connectivity index (χ2v) is 9.01. The maximum Gasteiger partial charge on any atom is 0.320 e. The fourth-order valence-corrected chi connectivity index (χ4v) is 5.04. The lowest BCUT2D eigenvalue weighted by molar-refractivity contribution is -0.137. The van der Waals surface area contributed by atoms with Crippen molar-refractivity contribution in [2.75, 3.05) is 19.4 Å². The van der Waals surface area contributed by atoms with Crippen molar-refractivity contribution in [1.82, 2.24) is 0 Å². The van der Waals surface area contributed by atoms with Crippen LogP contribution in [-0.2, 0) is 19.4 Å². The highest BCUT2D eigenvalue weighted by Crippen LogP contribution is 2.42. The lowest BCUT2D eigenvalue weighted by Crippen LogP contribution is -2.44. The van der Waals surface area contributed by atoms with E-state index >= 15 is 0 Å². The number of nitrogens with two attached hydrogens (primary N) is 1. The van der Waals surface area contributed by atoms with Crippen molar-refractivity contribution in [2.24, 2.45) is 23.0 Å². The molecule has 0 aromatic carbocycles. The van der Waals surface area contributed by atoms with E-state index in [1.165, 1.54) is 7.11 Å². The number of methoxy groups -OCH3 is 1. The fourth-order valence-electron chi connectivity index (χ4n) is 3.02. The minimum atomic E-state index is -3.50. The highest BCUT2D eigenvalue weighted by molar-refractivity contribution is 7.92. The molecule has 0 aromatic heterocycles. The molecule has 6 heteroatoms. The van der Waals surface area contributed by atoms with Gasteiger partial charge in [-0.15, -0.1) is 0 Å². The minimum Gasteiger partial charge on any atom is -0.468 e. The number of hydrogen-bond acceptors (Lipinski definition) is 5. The van der Waals surface area contributed by atoms with E-state index in [2.05, 4.69) is 25.5 Å². The summed E-state index contributed by atoms with van der Waals surface area (Å²) in [6.07, 6.45) is 2.39. The molecule has 0 spiro atoms. The van der Waals surface area contributed by atoms with Gasteiger partial charge in [-0.25, -0.2) is 8.42 Å². The van der Waals surface area contributed by atoms with Gasteiger partial charge in [0, 0.05) is 0 Å². The highest BCUT2D eigenvalue weighted by Gasteiger charge is 2.42. The monoisotopic (exact) mass is 305 g/mol. The summed E-state index contributed by atoms with van der Waals surface area (Å²) in [4.78, 5) is 11.3. The predicted octanol–water partition coefficient (Wildman–Crippen LogP) is 1.36. The molecule has 1 rings (SSSR count). The van der Waals surface area contributed by atoms with E-state index in [0.717, 1.165) is 12.8 Å². The molecule has 1 fully saturated rings. The maximum absolute atomic E-state index is 12.4. The van der Waals surface area contributed by atoms with Crippen LogP contribution in [0.3, 0.4) is 0 Å². The average molecular weight is 305 g/mol. The zero-order chi connectivity index (χ0) is 15.6. The molecule has 3 unspecified atom stereocenters. The Bertz CT molecular complexity index is 439. The number of carbonyl (C=O) groups is 1. The van der Waals surface area contributed by atoms with Crippen molar-refractivity contribution < 1.29 is 17.9 Å². The third-order valence-electron chi connectivity index (χ3n) is 4.46. The van der Waals surface area contributed by atoms with Crippen LogP contribution >= 0.6 is 0 Å². The summed E-state index contributed by atoms with van der Waals surface area (Å²) in [7, 11) is -2.30. The summed E-state index contributed by atoms with van der Waals surface area (Å²) in [5, 5.41) is -0.524. The Labute approximate surface area is 122 Å². The van der Waals surface area contributed by atoms with E-state index in [9.17, 15) is 13.2 Å². The van der Waals surface area contributed by atoms with Gasteiger partial charge in [0.2, 0.25) is 0 Å². The maximum atomic E-state index is 12.4. The van der Waals surface area contributed by atoms with E-state index in [1.54, 1.807) is 0 Å². The summed E-state index contributed by atoms with van der Waals surface area (Å²) in [5.41, 5.74) is 5.80. The Balaban J connectivity index is 2.94. The molecule has 0 bridgehead atoms. The second kappa shape index (κ2) is 6.43. The van der Waals surface area contributed by atoms with E-state index in [-0.39, 0.29) is 11.3 Å². The summed E-state index contributed by atoms with van der Waals surface area (Å²) in [5.74, 6) is -0.953. The summed E-state index contributed by atoms with van der Waals surface area (Å²) < 4.78 is 29.4. The van der Waals surface area contributed by atoms with Gasteiger partial charge in [0.15, 0.2) is 9.84 Å². The number of esters is 1. The molecule has 20 heavy (non-hydrogen) atoms. The number of ether oxygens (including phenoxy) is 1. The molecule has 2 N–H and O–H groups in total. The molecule has 0 aromatic rings. The number of hydrogen-bond donors (Lipinski definition) is 1. The zero-order valence-electron chi connectivity index (χ0n) is 12.9. The third kappa shape index (κ3) is 4.19. The van der Waals surface area contributed by atoms with Crippen LogP contribution in [0.4, 0.5) is 0 Å². The Morgan fingerprint density at radius 2 is 1.90 bits per heavy atom. The van der Waals surface area contributed by atoms with Crippen LogP contribution < -0.4 is 5.73 Å². The molecule has 0 aliphatic heterocycles. The van der Waals surface area contributed by atoms with Gasteiger partial charge in [-0.3, -0.25) is 4.79 Å². The first kappa shape index (κ1) is 17.4. The molecule has 0 amide bonds. The molecule has 0 heterocycles. The van der Waals surface area contributed by atoms with Crippen molar-refractivity contribution in [3.8, 4) is 0 Å². The third-order valence-corrected chi connectivity index (χ3v) is 6.60. The number of carbonyl (C=O) groups excluding carboxylic acids is 1. The van der Waals surface area contributed by atoms with Crippen molar-refractivity contribution in [3.05, 3.63) is 0 Å². The normalized spacial score (nSPS) is 28.1. The van der Waals surface area contributed by atoms with Gasteiger partial charge in [-0.1, -0.05) is 20.8 Å². The molecule has 0 radical (unpaired) electrons. The van der Waals surface area contributed by atoms with Crippen LogP contribution in [0.15, 0.2) is 0 Å². The minimum absolute atomic E-state index is 0.0525. The lowest BCUT2D eigenvalue weighted by Gasteiger charge is -2.41. The standard InChI is InChI=1S/C14H27NO4S/c1-14(2,3)11-6-5-10(8-15)12(7-11)20(17,18)9-13(16)19-4/h10-12H,5-9,15H2,1-4H3. The topological polar surface area (TPSA) is 86.5 Å². The van der Waals surface area contributed by atoms with Crippen molar-refractivity contribution >= 4 is 15.8 Å². The van der Waals surface area contributed by atoms with Crippen molar-refractivity contribution in [2.45, 2.75) is 45.3 Å². The molecule has 0 saturated heterocycles. The fraction of sp³-hybridized carbons (Fsp3) is 0.929. The molecule has 118 valence electrons. The molecule has 1 aliphatic rings. The van der Waals surface area contributed by atoms with Gasteiger partial charge in [0.05, 0.1) is 12.4 Å². The lowest BCUT2D eigenvalue weighted by atomic mass is 9.69. The molecule has 1 saturated carbocycles. The smallest absolute Gasteiger partial charge is 0.320 e. The van der Waals surface area contributed by atoms with Crippen molar-refractivity contribution in [1.29, 1.82) is 0 Å². The first-order chi connectivity index (χ1) is 9.11. The van der Waals surface area contributed by atoms with Crippen LogP contribution in [0.25, 0.3) is 0 Å². The molecular formula is C14H27NO4S. The van der Waals surface area contributed by atoms with Gasteiger partial charge in [-0.2, -0.15) is 0 Å². The van der Waals surface area contributed by atoms with Gasteiger partial charge in [0.1, 0.15) is 5.75 Å². The number of sulfone groups is 1. The zero-order valence-corrected chi connectivity index (χ0v) is 13.7. The van der Waals surface area contributed by atoms with Gasteiger partial charge in [0.25, 0.3) is 0 Å². The van der Waals surface area contributed by atoms with Crippen molar-refractivity contribution in [3.63, 3.8) is 0 Å². The van der Waals surface area contributed by atoms with Crippen LogP contribution in [0, 0.1) is 17.3 Å². The Morgan fingerprint density at radius 3 is 2.35 bits per heavy atom. The summed E-state index contributed by atoms with van der Waals surface area (Å²) in [6, 6.07) is 0. The van der Waals surface area contributed by atoms with E-state index in [4.69, 9.17) is 5.73 Å². The molecule has 3 atom stereocenters. The van der Waals surface area contributed by atoms with Crippen LogP contribution in [0.2, 0.25) is 0 Å². The van der Waals surface area contributed by atoms with Gasteiger partial charge >= 0.3 is 5.97 Å². The molecule has 5 nitrogen and oxygen atoms in total. The predicted molar refractivity (Wildman–Crippen MR) is 78.9 cm³/mol. The summed E-state index contributed by atoms with van der Waals surface area (Å²) >= 11 is 0. The average Bonchev–Trinajstić information content (AvgIpc) is 2.36. The SMILES string of the molecule is COC(=O)CS(=O)(=O)C1CC(C(C)(C)C)CCC1CN. The Morgan fingerprint density at radius 1 is 1.30 bits per heavy atom. The van der Waals surface area contributed by atoms with E-state index in [0.29, 0.717) is 18.9 Å². The van der Waals surface area contributed by atoms with Gasteiger partial charge < -0.3 is 10.5 Å².